The normalized spacial score (nSPS) is 10.9. The summed E-state index contributed by atoms with van der Waals surface area (Å²) in [5, 5.41) is 4.68. The van der Waals surface area contributed by atoms with E-state index in [9.17, 15) is 0 Å². The van der Waals surface area contributed by atoms with E-state index in [0.29, 0.717) is 11.4 Å². The Morgan fingerprint density at radius 1 is 1.41 bits per heavy atom. The van der Waals surface area contributed by atoms with E-state index in [1.807, 2.05) is 24.4 Å². The third-order valence-electron chi connectivity index (χ3n) is 2.74. The van der Waals surface area contributed by atoms with Gasteiger partial charge in [0.15, 0.2) is 5.76 Å². The van der Waals surface area contributed by atoms with E-state index < -0.39 is 0 Å². The number of aromatic nitrogens is 2. The largest absolute Gasteiger partial charge is 0.495 e. The number of para-hydroxylation sites is 1. The molecule has 86 valence electrons. The van der Waals surface area contributed by atoms with E-state index in [1.54, 1.807) is 7.11 Å². The molecule has 5 heteroatoms. The lowest BCUT2D eigenvalue weighted by molar-refractivity contribution is 0.419. The summed E-state index contributed by atoms with van der Waals surface area (Å²) in [7, 11) is 1.64. The van der Waals surface area contributed by atoms with Crippen LogP contribution in [0.4, 0.5) is 5.69 Å². The molecule has 0 fully saturated rings. The smallest absolute Gasteiger partial charge is 0.191 e. The highest BCUT2D eigenvalue weighted by molar-refractivity contribution is 5.99. The molecule has 0 atom stereocenters. The van der Waals surface area contributed by atoms with E-state index >= 15 is 0 Å². The Morgan fingerprint density at radius 3 is 3.00 bits per heavy atom. The van der Waals surface area contributed by atoms with E-state index in [2.05, 4.69) is 10.1 Å². The SMILES string of the molecule is COc1cccc2c(-c3oncc3N)c[nH]c12. The Bertz CT molecular complexity index is 669. The lowest BCUT2D eigenvalue weighted by Crippen LogP contribution is -1.84. The maximum atomic E-state index is 5.79. The van der Waals surface area contributed by atoms with Crippen molar-refractivity contribution in [3.05, 3.63) is 30.6 Å². The first-order valence-electron chi connectivity index (χ1n) is 5.16. The highest BCUT2D eigenvalue weighted by Gasteiger charge is 2.14. The fraction of sp³-hybridized carbons (Fsp3) is 0.0833. The maximum Gasteiger partial charge on any atom is 0.191 e. The monoisotopic (exact) mass is 229 g/mol. The summed E-state index contributed by atoms with van der Waals surface area (Å²) >= 11 is 0. The van der Waals surface area contributed by atoms with Crippen LogP contribution in [-0.4, -0.2) is 17.3 Å². The number of nitrogens with two attached hydrogens (primary N) is 1. The molecule has 0 amide bonds. The molecule has 3 rings (SSSR count). The fourth-order valence-electron chi connectivity index (χ4n) is 1.94. The molecule has 0 aliphatic rings. The first-order valence-corrected chi connectivity index (χ1v) is 5.16. The second-order valence-electron chi connectivity index (χ2n) is 3.70. The number of fused-ring (bicyclic) bond motifs is 1. The van der Waals surface area contributed by atoms with Crippen LogP contribution in [0.1, 0.15) is 0 Å². The van der Waals surface area contributed by atoms with Crippen molar-refractivity contribution in [3.63, 3.8) is 0 Å². The van der Waals surface area contributed by atoms with Crippen LogP contribution in [0.15, 0.2) is 35.1 Å². The minimum atomic E-state index is 0.522. The molecule has 2 aromatic heterocycles. The van der Waals surface area contributed by atoms with Gasteiger partial charge in [-0.1, -0.05) is 17.3 Å². The molecule has 0 unspecified atom stereocenters. The topological polar surface area (TPSA) is 77.1 Å². The van der Waals surface area contributed by atoms with Gasteiger partial charge in [0.1, 0.15) is 11.4 Å². The molecule has 5 nitrogen and oxygen atoms in total. The van der Waals surface area contributed by atoms with Crippen LogP contribution >= 0.6 is 0 Å². The maximum absolute atomic E-state index is 5.79. The van der Waals surface area contributed by atoms with Crippen LogP contribution in [0, 0.1) is 0 Å². The molecule has 0 saturated heterocycles. The third kappa shape index (κ3) is 1.36. The number of methoxy groups -OCH3 is 1. The summed E-state index contributed by atoms with van der Waals surface area (Å²) < 4.78 is 10.4. The average Bonchev–Trinajstić information content (AvgIpc) is 2.94. The van der Waals surface area contributed by atoms with Crippen molar-refractivity contribution in [2.75, 3.05) is 12.8 Å². The van der Waals surface area contributed by atoms with E-state index in [4.69, 9.17) is 15.0 Å². The lowest BCUT2D eigenvalue weighted by Gasteiger charge is -2.01. The van der Waals surface area contributed by atoms with Crippen molar-refractivity contribution in [1.82, 2.24) is 10.1 Å². The molecule has 0 saturated carbocycles. The van der Waals surface area contributed by atoms with Crippen molar-refractivity contribution in [2.24, 2.45) is 0 Å². The van der Waals surface area contributed by atoms with E-state index in [-0.39, 0.29) is 0 Å². The van der Waals surface area contributed by atoms with E-state index in [1.165, 1.54) is 6.20 Å². The van der Waals surface area contributed by atoms with E-state index in [0.717, 1.165) is 22.2 Å². The summed E-state index contributed by atoms with van der Waals surface area (Å²) in [6, 6.07) is 5.79. The van der Waals surface area contributed by atoms with Gasteiger partial charge in [-0.05, 0) is 6.07 Å². The molecule has 0 aliphatic heterocycles. The second kappa shape index (κ2) is 3.55. The number of nitrogens with zero attached hydrogens (tertiary/aromatic N) is 1. The van der Waals surface area contributed by atoms with Gasteiger partial charge in [-0.25, -0.2) is 0 Å². The summed E-state index contributed by atoms with van der Waals surface area (Å²) in [4.78, 5) is 3.15. The number of nitrogens with one attached hydrogen (secondary N) is 1. The van der Waals surface area contributed by atoms with Crippen molar-refractivity contribution < 1.29 is 9.26 Å². The zero-order valence-electron chi connectivity index (χ0n) is 9.23. The predicted octanol–water partition coefficient (Wildman–Crippen LogP) is 2.41. The van der Waals surface area contributed by atoms with Crippen LogP contribution in [0.5, 0.6) is 5.75 Å². The van der Waals surface area contributed by atoms with Crippen molar-refractivity contribution in [2.45, 2.75) is 0 Å². The number of hydrogen-bond acceptors (Lipinski definition) is 4. The van der Waals surface area contributed by atoms with Gasteiger partial charge in [-0.2, -0.15) is 0 Å². The number of H-pyrrole nitrogens is 1. The molecule has 0 radical (unpaired) electrons. The summed E-state index contributed by atoms with van der Waals surface area (Å²) in [5.41, 5.74) is 8.11. The van der Waals surface area contributed by atoms with Crippen LogP contribution in [0.2, 0.25) is 0 Å². The number of benzene rings is 1. The molecule has 3 N–H and O–H groups in total. The Kier molecular flexibility index (Phi) is 2.04. The quantitative estimate of drug-likeness (QED) is 0.707. The van der Waals surface area contributed by atoms with Crippen LogP contribution in [0.25, 0.3) is 22.2 Å². The van der Waals surface area contributed by atoms with Crippen LogP contribution in [-0.2, 0) is 0 Å². The number of nitrogen functional groups attached to an aromatic ring is 1. The molecule has 3 aromatic rings. The first-order chi connectivity index (χ1) is 8.31. The minimum absolute atomic E-state index is 0.522. The van der Waals surface area contributed by atoms with Gasteiger partial charge < -0.3 is 20.0 Å². The summed E-state index contributed by atoms with van der Waals surface area (Å²) in [6.45, 7) is 0. The van der Waals surface area contributed by atoms with Crippen molar-refractivity contribution >= 4 is 16.6 Å². The van der Waals surface area contributed by atoms with Gasteiger partial charge >= 0.3 is 0 Å². The second-order valence-corrected chi connectivity index (χ2v) is 3.70. The molecule has 0 spiro atoms. The molecule has 2 heterocycles. The van der Waals surface area contributed by atoms with Gasteiger partial charge in [0.05, 0.1) is 18.8 Å². The van der Waals surface area contributed by atoms with Crippen LogP contribution in [0.3, 0.4) is 0 Å². The van der Waals surface area contributed by atoms with Crippen molar-refractivity contribution in [3.8, 4) is 17.1 Å². The van der Waals surface area contributed by atoms with Crippen LogP contribution < -0.4 is 10.5 Å². The molecular formula is C12H11N3O2. The van der Waals surface area contributed by atoms with Gasteiger partial charge in [-0.15, -0.1) is 0 Å². The van der Waals surface area contributed by atoms with Crippen molar-refractivity contribution in [1.29, 1.82) is 0 Å². The highest BCUT2D eigenvalue weighted by atomic mass is 16.5. The number of rotatable bonds is 2. The number of hydrogen-bond donors (Lipinski definition) is 2. The Balaban J connectivity index is 2.29. The van der Waals surface area contributed by atoms with Gasteiger partial charge in [0, 0.05) is 17.1 Å². The Hall–Kier alpha value is -2.43. The number of anilines is 1. The Morgan fingerprint density at radius 2 is 2.29 bits per heavy atom. The minimum Gasteiger partial charge on any atom is -0.495 e. The first kappa shape index (κ1) is 9.77. The van der Waals surface area contributed by atoms with Gasteiger partial charge in [-0.3, -0.25) is 0 Å². The third-order valence-corrected chi connectivity index (χ3v) is 2.74. The molecule has 0 aliphatic carbocycles. The Labute approximate surface area is 97.2 Å². The molecule has 1 aromatic carbocycles. The predicted molar refractivity (Wildman–Crippen MR) is 64.8 cm³/mol. The summed E-state index contributed by atoms with van der Waals surface area (Å²) in [6.07, 6.45) is 3.33. The molecule has 0 bridgehead atoms. The molecular weight excluding hydrogens is 218 g/mol. The molecule has 17 heavy (non-hydrogen) atoms. The lowest BCUT2D eigenvalue weighted by atomic mass is 10.1. The summed E-state index contributed by atoms with van der Waals surface area (Å²) in [5.74, 6) is 1.36. The standard InChI is InChI=1S/C12H11N3O2/c1-16-10-4-2-3-7-8(5-14-11(7)10)12-9(13)6-15-17-12/h2-6,14H,13H2,1H3. The number of ether oxygens (including phenoxy) is 1. The van der Waals surface area contributed by atoms with Gasteiger partial charge in [0.2, 0.25) is 0 Å². The zero-order valence-corrected chi connectivity index (χ0v) is 9.23. The highest BCUT2D eigenvalue weighted by Crippen LogP contribution is 2.35. The fourth-order valence-corrected chi connectivity index (χ4v) is 1.94. The zero-order chi connectivity index (χ0) is 11.8. The number of aromatic amines is 1. The van der Waals surface area contributed by atoms with Gasteiger partial charge in [0.25, 0.3) is 0 Å². The average molecular weight is 229 g/mol.